The summed E-state index contributed by atoms with van der Waals surface area (Å²) in [5.41, 5.74) is 0. The Morgan fingerprint density at radius 2 is 2.07 bits per heavy atom. The number of nitrogens with one attached hydrogen (secondary N) is 1. The molecule has 4 nitrogen and oxygen atoms in total. The number of aliphatic hydroxyl groups excluding tert-OH is 1. The average Bonchev–Trinajstić information content (AvgIpc) is 2.98. The van der Waals surface area contributed by atoms with E-state index in [2.05, 4.69) is 4.72 Å². The number of hydrogen-bond acceptors (Lipinski definition) is 3. The van der Waals surface area contributed by atoms with Crippen LogP contribution in [0.25, 0.3) is 0 Å². The lowest BCUT2D eigenvalue weighted by molar-refractivity contribution is 0.155. The van der Waals surface area contributed by atoms with Gasteiger partial charge >= 0.3 is 0 Å². The summed E-state index contributed by atoms with van der Waals surface area (Å²) < 4.78 is 25.2. The predicted molar refractivity (Wildman–Crippen MR) is 60.5 cm³/mol. The third-order valence-electron chi connectivity index (χ3n) is 2.48. The van der Waals surface area contributed by atoms with Crippen LogP contribution in [0, 0.1) is 5.92 Å². The Kier molecular flexibility index (Phi) is 5.32. The highest BCUT2D eigenvalue weighted by Gasteiger charge is 2.30. The number of sulfonamides is 1. The van der Waals surface area contributed by atoms with Gasteiger partial charge in [-0.05, 0) is 31.6 Å². The minimum atomic E-state index is -3.22. The quantitative estimate of drug-likeness (QED) is 0.496. The van der Waals surface area contributed by atoms with E-state index in [0.717, 1.165) is 12.8 Å². The fourth-order valence-corrected chi connectivity index (χ4v) is 2.66. The number of alkyl halides is 1. The summed E-state index contributed by atoms with van der Waals surface area (Å²) in [4.78, 5) is 0. The van der Waals surface area contributed by atoms with Crippen LogP contribution < -0.4 is 4.72 Å². The van der Waals surface area contributed by atoms with Crippen molar-refractivity contribution in [1.29, 1.82) is 0 Å². The molecule has 1 aliphatic carbocycles. The van der Waals surface area contributed by atoms with Crippen LogP contribution in [0.15, 0.2) is 0 Å². The molecule has 6 heteroatoms. The van der Waals surface area contributed by atoms with Gasteiger partial charge in [-0.2, -0.15) is 0 Å². The smallest absolute Gasteiger partial charge is 0.211 e. The Labute approximate surface area is 96.1 Å². The molecular formula is C9H18ClNO3S. The first-order valence-electron chi connectivity index (χ1n) is 5.26. The summed E-state index contributed by atoms with van der Waals surface area (Å²) >= 11 is 5.45. The van der Waals surface area contributed by atoms with Crippen LogP contribution in [0.2, 0.25) is 0 Å². The first-order valence-corrected chi connectivity index (χ1v) is 7.45. The third-order valence-corrected chi connectivity index (χ3v) is 4.18. The number of halogens is 1. The van der Waals surface area contributed by atoms with Gasteiger partial charge < -0.3 is 5.11 Å². The maximum absolute atomic E-state index is 11.4. The molecule has 1 atom stereocenters. The van der Waals surface area contributed by atoms with Crippen molar-refractivity contribution in [3.63, 3.8) is 0 Å². The zero-order valence-electron chi connectivity index (χ0n) is 8.65. The predicted octanol–water partition coefficient (Wildman–Crippen LogP) is 0.696. The number of unbranched alkanes of at least 4 members (excludes halogenated alkanes) is 1. The third kappa shape index (κ3) is 5.70. The molecule has 0 aromatic rings. The normalized spacial score (nSPS) is 19.1. The lowest BCUT2D eigenvalue weighted by Crippen LogP contribution is -2.34. The van der Waals surface area contributed by atoms with Crippen molar-refractivity contribution >= 4 is 21.6 Å². The van der Waals surface area contributed by atoms with E-state index in [9.17, 15) is 13.5 Å². The second-order valence-electron chi connectivity index (χ2n) is 3.97. The lowest BCUT2D eigenvalue weighted by atomic mass is 10.2. The first-order chi connectivity index (χ1) is 7.05. The maximum Gasteiger partial charge on any atom is 0.211 e. The molecule has 0 heterocycles. The van der Waals surface area contributed by atoms with Crippen molar-refractivity contribution in [2.75, 3.05) is 18.2 Å². The molecule has 0 amide bonds. The molecule has 0 aliphatic heterocycles. The Morgan fingerprint density at radius 1 is 1.40 bits per heavy atom. The fraction of sp³-hybridized carbons (Fsp3) is 1.00. The van der Waals surface area contributed by atoms with Crippen molar-refractivity contribution in [3.05, 3.63) is 0 Å². The summed E-state index contributed by atoms with van der Waals surface area (Å²) in [5, 5.41) is 9.48. The molecule has 0 aromatic heterocycles. The molecule has 90 valence electrons. The molecule has 1 aliphatic rings. The topological polar surface area (TPSA) is 66.4 Å². The standard InChI is InChI=1S/C9H18ClNO3S/c10-5-1-2-6-15(13,14)11-7-9(12)8-3-4-8/h8-9,11-12H,1-7H2. The van der Waals surface area contributed by atoms with E-state index in [-0.39, 0.29) is 12.3 Å². The molecule has 1 fully saturated rings. The van der Waals surface area contributed by atoms with Crippen LogP contribution in [0.3, 0.4) is 0 Å². The Balaban J connectivity index is 2.16. The van der Waals surface area contributed by atoms with Gasteiger partial charge in [0.15, 0.2) is 0 Å². The van der Waals surface area contributed by atoms with E-state index < -0.39 is 16.1 Å². The van der Waals surface area contributed by atoms with Crippen LogP contribution >= 0.6 is 11.6 Å². The minimum absolute atomic E-state index is 0.0944. The van der Waals surface area contributed by atoms with Gasteiger partial charge in [0.25, 0.3) is 0 Å². The largest absolute Gasteiger partial charge is 0.391 e. The maximum atomic E-state index is 11.4. The van der Waals surface area contributed by atoms with Gasteiger partial charge in [0, 0.05) is 12.4 Å². The number of rotatable bonds is 8. The van der Waals surface area contributed by atoms with E-state index in [1.807, 2.05) is 0 Å². The zero-order valence-corrected chi connectivity index (χ0v) is 10.2. The lowest BCUT2D eigenvalue weighted by Gasteiger charge is -2.10. The summed E-state index contributed by atoms with van der Waals surface area (Å²) in [6.45, 7) is 0.147. The van der Waals surface area contributed by atoms with Crippen LogP contribution in [-0.2, 0) is 10.0 Å². The Bertz CT molecular complexity index is 277. The van der Waals surface area contributed by atoms with Crippen molar-refractivity contribution < 1.29 is 13.5 Å². The molecule has 0 radical (unpaired) electrons. The number of hydrogen-bond donors (Lipinski definition) is 2. The monoisotopic (exact) mass is 255 g/mol. The molecule has 15 heavy (non-hydrogen) atoms. The van der Waals surface area contributed by atoms with Crippen molar-refractivity contribution in [2.24, 2.45) is 5.92 Å². The minimum Gasteiger partial charge on any atom is -0.391 e. The van der Waals surface area contributed by atoms with Gasteiger partial charge in [-0.3, -0.25) is 0 Å². The molecule has 0 aromatic carbocycles. The summed E-state index contributed by atoms with van der Waals surface area (Å²) in [7, 11) is -3.22. The fourth-order valence-electron chi connectivity index (χ4n) is 1.32. The highest BCUT2D eigenvalue weighted by atomic mass is 35.5. The van der Waals surface area contributed by atoms with E-state index >= 15 is 0 Å². The molecule has 1 saturated carbocycles. The molecular weight excluding hydrogens is 238 g/mol. The second-order valence-corrected chi connectivity index (χ2v) is 6.27. The summed E-state index contributed by atoms with van der Waals surface area (Å²) in [6, 6.07) is 0. The molecule has 0 saturated heterocycles. The van der Waals surface area contributed by atoms with Crippen molar-refractivity contribution in [2.45, 2.75) is 31.8 Å². The molecule has 0 spiro atoms. The van der Waals surface area contributed by atoms with E-state index in [4.69, 9.17) is 11.6 Å². The van der Waals surface area contributed by atoms with Gasteiger partial charge in [0.05, 0.1) is 11.9 Å². The van der Waals surface area contributed by atoms with Gasteiger partial charge in [0.1, 0.15) is 0 Å². The van der Waals surface area contributed by atoms with E-state index in [1.54, 1.807) is 0 Å². The van der Waals surface area contributed by atoms with Crippen molar-refractivity contribution in [3.8, 4) is 0 Å². The average molecular weight is 256 g/mol. The summed E-state index contributed by atoms with van der Waals surface area (Å²) in [5.74, 6) is 0.882. The van der Waals surface area contributed by atoms with Crippen LogP contribution in [-0.4, -0.2) is 37.8 Å². The van der Waals surface area contributed by atoms with Crippen LogP contribution in [0.5, 0.6) is 0 Å². The second kappa shape index (κ2) is 6.03. The first kappa shape index (κ1) is 13.2. The number of aliphatic hydroxyl groups is 1. The Hall–Kier alpha value is 0.160. The van der Waals surface area contributed by atoms with Gasteiger partial charge in [0.2, 0.25) is 10.0 Å². The molecule has 2 N–H and O–H groups in total. The Morgan fingerprint density at radius 3 is 2.60 bits per heavy atom. The van der Waals surface area contributed by atoms with Gasteiger partial charge in [-0.15, -0.1) is 11.6 Å². The molecule has 1 unspecified atom stereocenters. The van der Waals surface area contributed by atoms with Crippen molar-refractivity contribution in [1.82, 2.24) is 4.72 Å². The van der Waals surface area contributed by atoms with E-state index in [1.165, 1.54) is 0 Å². The van der Waals surface area contributed by atoms with Crippen LogP contribution in [0.4, 0.5) is 0 Å². The van der Waals surface area contributed by atoms with Crippen LogP contribution in [0.1, 0.15) is 25.7 Å². The van der Waals surface area contributed by atoms with Gasteiger partial charge in [-0.1, -0.05) is 0 Å². The molecule has 0 bridgehead atoms. The molecule has 1 rings (SSSR count). The van der Waals surface area contributed by atoms with E-state index in [0.29, 0.717) is 24.6 Å². The SMILES string of the molecule is O=S(=O)(CCCCCl)NCC(O)C1CC1. The zero-order chi connectivity index (χ0) is 11.3. The summed E-state index contributed by atoms with van der Waals surface area (Å²) in [6.07, 6.45) is 2.77. The highest BCUT2D eigenvalue weighted by Crippen LogP contribution is 2.32. The highest BCUT2D eigenvalue weighted by molar-refractivity contribution is 7.89. The van der Waals surface area contributed by atoms with Gasteiger partial charge in [-0.25, -0.2) is 13.1 Å².